The number of ether oxygens (including phenoxy) is 1. The van der Waals surface area contributed by atoms with Crippen LogP contribution in [0.3, 0.4) is 0 Å². The molecule has 0 radical (unpaired) electrons. The summed E-state index contributed by atoms with van der Waals surface area (Å²) in [5.41, 5.74) is 0.496. The van der Waals surface area contributed by atoms with E-state index in [1.807, 2.05) is 18.2 Å². The second-order valence-electron chi connectivity index (χ2n) is 5.48. The lowest BCUT2D eigenvalue weighted by molar-refractivity contribution is -0.384. The number of hydrogen-bond donors (Lipinski definition) is 2. The van der Waals surface area contributed by atoms with Gasteiger partial charge in [-0.25, -0.2) is 0 Å². The van der Waals surface area contributed by atoms with Gasteiger partial charge in [0.05, 0.1) is 29.0 Å². The number of carbonyl (C=O) groups is 2. The topological polar surface area (TPSA) is 111 Å². The molecule has 1 unspecified atom stereocenters. The van der Waals surface area contributed by atoms with Crippen LogP contribution in [0.15, 0.2) is 47.4 Å². The van der Waals surface area contributed by atoms with Crippen molar-refractivity contribution >= 4 is 40.6 Å². The van der Waals surface area contributed by atoms with Crippen LogP contribution in [0.4, 0.5) is 17.1 Å². The first kappa shape index (κ1) is 17.7. The van der Waals surface area contributed by atoms with Crippen LogP contribution in [-0.2, 0) is 9.59 Å². The van der Waals surface area contributed by atoms with Crippen LogP contribution in [0.2, 0.25) is 0 Å². The highest BCUT2D eigenvalue weighted by Gasteiger charge is 2.29. The van der Waals surface area contributed by atoms with Crippen molar-refractivity contribution in [1.29, 1.82) is 0 Å². The van der Waals surface area contributed by atoms with Gasteiger partial charge in [0, 0.05) is 11.3 Å². The molecule has 0 saturated heterocycles. The Morgan fingerprint density at radius 2 is 2.12 bits per heavy atom. The zero-order chi connectivity index (χ0) is 18.7. The Hall–Kier alpha value is -3.07. The molecule has 3 rings (SSSR count). The lowest BCUT2D eigenvalue weighted by atomic mass is 10.2. The van der Waals surface area contributed by atoms with Crippen molar-refractivity contribution in [2.75, 3.05) is 17.7 Å². The standard InChI is InChI=1S/C17H15N3O5S/c1-25-10-6-7-11(13(8-10)20(23)24)18-16(21)9-15-17(22)19-12-4-2-3-5-14(12)26-15/h2-8,15H,9H2,1H3,(H,18,21)(H,19,22). The summed E-state index contributed by atoms with van der Waals surface area (Å²) < 4.78 is 4.96. The van der Waals surface area contributed by atoms with E-state index in [4.69, 9.17) is 4.74 Å². The van der Waals surface area contributed by atoms with Crippen LogP contribution in [0, 0.1) is 10.1 Å². The Morgan fingerprint density at radius 3 is 2.85 bits per heavy atom. The number of nitrogens with one attached hydrogen (secondary N) is 2. The Labute approximate surface area is 153 Å². The highest BCUT2D eigenvalue weighted by atomic mass is 32.2. The van der Waals surface area contributed by atoms with Crippen molar-refractivity contribution in [2.24, 2.45) is 0 Å². The van der Waals surface area contributed by atoms with Gasteiger partial charge in [0.15, 0.2) is 0 Å². The van der Waals surface area contributed by atoms with Gasteiger partial charge in [0.25, 0.3) is 5.69 Å². The number of rotatable bonds is 5. The summed E-state index contributed by atoms with van der Waals surface area (Å²) in [7, 11) is 1.40. The second-order valence-corrected chi connectivity index (χ2v) is 6.73. The number of anilines is 2. The largest absolute Gasteiger partial charge is 0.496 e. The second kappa shape index (κ2) is 7.44. The van der Waals surface area contributed by atoms with Gasteiger partial charge in [-0.05, 0) is 24.3 Å². The molecule has 8 nitrogen and oxygen atoms in total. The summed E-state index contributed by atoms with van der Waals surface area (Å²) in [6, 6.07) is 11.5. The van der Waals surface area contributed by atoms with Crippen LogP contribution in [0.25, 0.3) is 0 Å². The Morgan fingerprint density at radius 1 is 1.35 bits per heavy atom. The molecule has 0 fully saturated rings. The number of para-hydroxylation sites is 1. The first-order valence-corrected chi connectivity index (χ1v) is 8.54. The van der Waals surface area contributed by atoms with Gasteiger partial charge in [0.1, 0.15) is 11.4 Å². The fourth-order valence-corrected chi connectivity index (χ4v) is 3.60. The SMILES string of the molecule is COc1ccc(NC(=O)CC2Sc3ccccc3NC2=O)c([N+](=O)[O-])c1. The number of thioether (sulfide) groups is 1. The van der Waals surface area contributed by atoms with Gasteiger partial charge >= 0.3 is 0 Å². The maximum atomic E-state index is 12.3. The van der Waals surface area contributed by atoms with Gasteiger partial charge < -0.3 is 15.4 Å². The minimum Gasteiger partial charge on any atom is -0.496 e. The third-order valence-corrected chi connectivity index (χ3v) is 5.03. The average Bonchev–Trinajstić information content (AvgIpc) is 2.62. The number of hydrogen-bond acceptors (Lipinski definition) is 6. The molecule has 0 saturated carbocycles. The Kier molecular flexibility index (Phi) is 5.08. The molecule has 26 heavy (non-hydrogen) atoms. The summed E-state index contributed by atoms with van der Waals surface area (Å²) in [5.74, 6) is -0.438. The van der Waals surface area contributed by atoms with Gasteiger partial charge in [-0.15, -0.1) is 11.8 Å². The van der Waals surface area contributed by atoms with Crippen molar-refractivity contribution in [3.8, 4) is 5.75 Å². The van der Waals surface area contributed by atoms with E-state index in [1.165, 1.54) is 37.1 Å². The lowest BCUT2D eigenvalue weighted by Gasteiger charge is -2.23. The van der Waals surface area contributed by atoms with E-state index < -0.39 is 16.1 Å². The fourth-order valence-electron chi connectivity index (χ4n) is 2.49. The van der Waals surface area contributed by atoms with E-state index in [9.17, 15) is 19.7 Å². The van der Waals surface area contributed by atoms with Crippen molar-refractivity contribution < 1.29 is 19.2 Å². The number of nitrogens with zero attached hydrogens (tertiary/aromatic N) is 1. The Balaban J connectivity index is 1.72. The molecular weight excluding hydrogens is 358 g/mol. The quantitative estimate of drug-likeness (QED) is 0.616. The predicted octanol–water partition coefficient (Wildman–Crippen LogP) is 3.05. The number of methoxy groups -OCH3 is 1. The van der Waals surface area contributed by atoms with Crippen molar-refractivity contribution in [2.45, 2.75) is 16.6 Å². The van der Waals surface area contributed by atoms with Crippen LogP contribution >= 0.6 is 11.8 Å². The first-order chi connectivity index (χ1) is 12.5. The maximum Gasteiger partial charge on any atom is 0.296 e. The average molecular weight is 373 g/mol. The van der Waals surface area contributed by atoms with Crippen molar-refractivity contribution in [3.63, 3.8) is 0 Å². The molecule has 1 aliphatic heterocycles. The predicted molar refractivity (Wildman–Crippen MR) is 97.6 cm³/mol. The van der Waals surface area contributed by atoms with Gasteiger partial charge in [-0.1, -0.05) is 12.1 Å². The molecule has 134 valence electrons. The summed E-state index contributed by atoms with van der Waals surface area (Å²) in [5, 5.41) is 15.8. The van der Waals surface area contributed by atoms with E-state index in [0.29, 0.717) is 11.4 Å². The number of carbonyl (C=O) groups excluding carboxylic acids is 2. The zero-order valence-corrected chi connectivity index (χ0v) is 14.5. The minimum atomic E-state index is -0.609. The summed E-state index contributed by atoms with van der Waals surface area (Å²) in [6.07, 6.45) is -0.103. The molecule has 2 aromatic rings. The number of amides is 2. The molecule has 1 atom stereocenters. The van der Waals surface area contributed by atoms with E-state index in [1.54, 1.807) is 6.07 Å². The van der Waals surface area contributed by atoms with E-state index >= 15 is 0 Å². The molecule has 0 aliphatic carbocycles. The van der Waals surface area contributed by atoms with Crippen molar-refractivity contribution in [3.05, 3.63) is 52.6 Å². The van der Waals surface area contributed by atoms with E-state index in [2.05, 4.69) is 10.6 Å². The molecule has 2 N–H and O–H groups in total. The fraction of sp³-hybridized carbons (Fsp3) is 0.176. The monoisotopic (exact) mass is 373 g/mol. The van der Waals surface area contributed by atoms with E-state index in [-0.39, 0.29) is 23.7 Å². The molecule has 0 spiro atoms. The highest BCUT2D eigenvalue weighted by molar-refractivity contribution is 8.01. The van der Waals surface area contributed by atoms with E-state index in [0.717, 1.165) is 4.90 Å². The highest BCUT2D eigenvalue weighted by Crippen LogP contribution is 2.37. The van der Waals surface area contributed by atoms with Crippen LogP contribution in [0.5, 0.6) is 5.75 Å². The lowest BCUT2D eigenvalue weighted by Crippen LogP contribution is -2.32. The molecule has 1 aliphatic rings. The molecule has 2 amide bonds. The smallest absolute Gasteiger partial charge is 0.296 e. The molecule has 0 aromatic heterocycles. The number of benzene rings is 2. The first-order valence-electron chi connectivity index (χ1n) is 7.67. The maximum absolute atomic E-state index is 12.3. The molecule has 2 aromatic carbocycles. The van der Waals surface area contributed by atoms with Gasteiger partial charge in [-0.2, -0.15) is 0 Å². The number of nitro benzene ring substituents is 1. The van der Waals surface area contributed by atoms with Crippen LogP contribution in [-0.4, -0.2) is 29.1 Å². The summed E-state index contributed by atoms with van der Waals surface area (Å²) >= 11 is 1.29. The summed E-state index contributed by atoms with van der Waals surface area (Å²) in [6.45, 7) is 0. The van der Waals surface area contributed by atoms with Crippen LogP contribution < -0.4 is 15.4 Å². The minimum absolute atomic E-state index is 0.0578. The van der Waals surface area contributed by atoms with Gasteiger partial charge in [-0.3, -0.25) is 19.7 Å². The molecular formula is C17H15N3O5S. The number of nitro groups is 1. The zero-order valence-electron chi connectivity index (χ0n) is 13.7. The number of fused-ring (bicyclic) bond motifs is 1. The summed E-state index contributed by atoms with van der Waals surface area (Å²) in [4.78, 5) is 35.9. The Bertz CT molecular complexity index is 886. The van der Waals surface area contributed by atoms with Crippen molar-refractivity contribution in [1.82, 2.24) is 0 Å². The van der Waals surface area contributed by atoms with Gasteiger partial charge in [0.2, 0.25) is 11.8 Å². The third kappa shape index (κ3) is 3.77. The normalized spacial score (nSPS) is 15.6. The molecule has 1 heterocycles. The third-order valence-electron chi connectivity index (χ3n) is 3.75. The van der Waals surface area contributed by atoms with Crippen LogP contribution in [0.1, 0.15) is 6.42 Å². The molecule has 0 bridgehead atoms. The molecule has 9 heteroatoms.